The number of carbonyl (C=O) groups excluding carboxylic acids is 1. The van der Waals surface area contributed by atoms with Gasteiger partial charge in [0.1, 0.15) is 11.4 Å². The molecule has 0 aromatic carbocycles. The van der Waals surface area contributed by atoms with Crippen LogP contribution in [0.15, 0.2) is 11.0 Å². The highest BCUT2D eigenvalue weighted by Gasteiger charge is 2.24. The molecule has 26 heavy (non-hydrogen) atoms. The smallest absolute Gasteiger partial charge is 0.263 e. The molecule has 2 N–H and O–H groups in total. The van der Waals surface area contributed by atoms with E-state index in [0.29, 0.717) is 49.3 Å². The Morgan fingerprint density at radius 3 is 2.81 bits per heavy atom. The van der Waals surface area contributed by atoms with Gasteiger partial charge in [0.25, 0.3) is 5.56 Å². The lowest BCUT2D eigenvalue weighted by Crippen LogP contribution is -2.47. The van der Waals surface area contributed by atoms with E-state index in [1.54, 1.807) is 18.0 Å². The number of nitrogens with one attached hydrogen (secondary N) is 2. The molecule has 3 heterocycles. The monoisotopic (exact) mass is 360 g/mol. The van der Waals surface area contributed by atoms with Crippen LogP contribution in [-0.4, -0.2) is 62.9 Å². The molecule has 1 aliphatic heterocycles. The molecule has 1 atom stereocenters. The van der Waals surface area contributed by atoms with Crippen LogP contribution < -0.4 is 10.9 Å². The van der Waals surface area contributed by atoms with Crippen LogP contribution in [0.5, 0.6) is 0 Å². The lowest BCUT2D eigenvalue weighted by Gasteiger charge is -2.29. The molecule has 2 fully saturated rings. The lowest BCUT2D eigenvalue weighted by molar-refractivity contribution is -0.135. The van der Waals surface area contributed by atoms with Gasteiger partial charge in [-0.2, -0.15) is 10.1 Å². The number of H-pyrrole nitrogens is 1. The minimum Gasteiger partial charge on any atom is -0.378 e. The normalized spacial score (nSPS) is 19.8. The average Bonchev–Trinajstić information content (AvgIpc) is 3.31. The first-order chi connectivity index (χ1) is 12.6. The van der Waals surface area contributed by atoms with Gasteiger partial charge in [-0.1, -0.05) is 12.8 Å². The zero-order chi connectivity index (χ0) is 18.1. The number of nitrogens with zero attached hydrogens (tertiary/aromatic N) is 4. The summed E-state index contributed by atoms with van der Waals surface area (Å²) >= 11 is 0. The predicted octanol–water partition coefficient (Wildman–Crippen LogP) is 0.894. The lowest BCUT2D eigenvalue weighted by atomic mass is 10.2. The number of anilines is 1. The first kappa shape index (κ1) is 17.0. The second kappa shape index (κ2) is 7.06. The SMILES string of the molecule is C[C@H](Nc1nc2c(cnn2C2CCCC2)c(=O)[nH]1)C(=O)N1CCOCC1. The minimum atomic E-state index is -0.489. The van der Waals surface area contributed by atoms with E-state index in [1.807, 2.05) is 4.68 Å². The van der Waals surface area contributed by atoms with E-state index in [0.717, 1.165) is 12.8 Å². The second-order valence-corrected chi connectivity index (χ2v) is 6.98. The second-order valence-electron chi connectivity index (χ2n) is 6.98. The summed E-state index contributed by atoms with van der Waals surface area (Å²) < 4.78 is 7.14. The van der Waals surface area contributed by atoms with Crippen molar-refractivity contribution in [3.63, 3.8) is 0 Å². The van der Waals surface area contributed by atoms with Crippen molar-refractivity contribution in [2.75, 3.05) is 31.6 Å². The molecule has 2 aromatic rings. The van der Waals surface area contributed by atoms with Crippen molar-refractivity contribution < 1.29 is 9.53 Å². The Bertz CT molecular complexity index is 848. The number of hydrogen-bond donors (Lipinski definition) is 2. The number of amides is 1. The van der Waals surface area contributed by atoms with E-state index in [1.165, 1.54) is 12.8 Å². The standard InChI is InChI=1S/C17H24N6O3/c1-11(16(25)22-6-8-26-9-7-22)19-17-20-14-13(15(24)21-17)10-18-23(14)12-4-2-3-5-12/h10-12H,2-9H2,1H3,(H2,19,20,21,24)/t11-/m0/s1. The predicted molar refractivity (Wildman–Crippen MR) is 96.1 cm³/mol. The minimum absolute atomic E-state index is 0.0275. The van der Waals surface area contributed by atoms with E-state index in [-0.39, 0.29) is 11.5 Å². The molecule has 0 bridgehead atoms. The fourth-order valence-corrected chi connectivity index (χ4v) is 3.74. The molecule has 0 radical (unpaired) electrons. The van der Waals surface area contributed by atoms with E-state index >= 15 is 0 Å². The van der Waals surface area contributed by atoms with Crippen molar-refractivity contribution in [1.29, 1.82) is 0 Å². The molecular weight excluding hydrogens is 336 g/mol. The summed E-state index contributed by atoms with van der Waals surface area (Å²) in [5, 5.41) is 7.91. The van der Waals surface area contributed by atoms with Gasteiger partial charge in [-0.15, -0.1) is 0 Å². The van der Waals surface area contributed by atoms with E-state index < -0.39 is 6.04 Å². The highest BCUT2D eigenvalue weighted by Crippen LogP contribution is 2.30. The molecule has 9 nitrogen and oxygen atoms in total. The van der Waals surface area contributed by atoms with Crippen LogP contribution in [0.4, 0.5) is 5.95 Å². The maximum absolute atomic E-state index is 12.5. The highest BCUT2D eigenvalue weighted by molar-refractivity contribution is 5.84. The molecule has 1 amide bonds. The first-order valence-corrected chi connectivity index (χ1v) is 9.24. The van der Waals surface area contributed by atoms with Crippen molar-refractivity contribution in [2.45, 2.75) is 44.7 Å². The van der Waals surface area contributed by atoms with Crippen LogP contribution in [-0.2, 0) is 9.53 Å². The summed E-state index contributed by atoms with van der Waals surface area (Å²) in [4.78, 5) is 34.0. The third-order valence-corrected chi connectivity index (χ3v) is 5.18. The fraction of sp³-hybridized carbons (Fsp3) is 0.647. The topological polar surface area (TPSA) is 105 Å². The van der Waals surface area contributed by atoms with Gasteiger partial charge >= 0.3 is 0 Å². The Morgan fingerprint density at radius 2 is 2.08 bits per heavy atom. The van der Waals surface area contributed by atoms with Crippen molar-refractivity contribution in [1.82, 2.24) is 24.6 Å². The molecule has 0 spiro atoms. The van der Waals surface area contributed by atoms with E-state index in [9.17, 15) is 9.59 Å². The van der Waals surface area contributed by atoms with E-state index in [4.69, 9.17) is 4.74 Å². The number of rotatable bonds is 4. The Kier molecular flexibility index (Phi) is 4.62. The number of fused-ring (bicyclic) bond motifs is 1. The summed E-state index contributed by atoms with van der Waals surface area (Å²) in [6.07, 6.45) is 6.03. The largest absolute Gasteiger partial charge is 0.378 e. The summed E-state index contributed by atoms with van der Waals surface area (Å²) in [6, 6.07) is -0.196. The zero-order valence-electron chi connectivity index (χ0n) is 14.9. The van der Waals surface area contributed by atoms with Gasteiger partial charge in [0.15, 0.2) is 5.65 Å². The van der Waals surface area contributed by atoms with Gasteiger partial charge < -0.3 is 15.0 Å². The first-order valence-electron chi connectivity index (χ1n) is 9.24. The van der Waals surface area contributed by atoms with Gasteiger partial charge in [0.05, 0.1) is 25.5 Å². The molecule has 1 saturated heterocycles. The van der Waals surface area contributed by atoms with Gasteiger partial charge in [0.2, 0.25) is 11.9 Å². The van der Waals surface area contributed by atoms with Crippen LogP contribution in [0, 0.1) is 0 Å². The number of carbonyl (C=O) groups is 1. The Hall–Kier alpha value is -2.42. The van der Waals surface area contributed by atoms with Crippen LogP contribution in [0.2, 0.25) is 0 Å². The van der Waals surface area contributed by atoms with Crippen molar-refractivity contribution in [3.8, 4) is 0 Å². The van der Waals surface area contributed by atoms with E-state index in [2.05, 4.69) is 20.4 Å². The highest BCUT2D eigenvalue weighted by atomic mass is 16.5. The van der Waals surface area contributed by atoms with Crippen molar-refractivity contribution in [2.24, 2.45) is 0 Å². The summed E-state index contributed by atoms with van der Waals surface area (Å²) in [7, 11) is 0. The van der Waals surface area contributed by atoms with Crippen molar-refractivity contribution in [3.05, 3.63) is 16.6 Å². The molecule has 9 heteroatoms. The van der Waals surface area contributed by atoms with Gasteiger partial charge in [-0.3, -0.25) is 14.6 Å². The molecule has 0 unspecified atom stereocenters. The third-order valence-electron chi connectivity index (χ3n) is 5.18. The number of ether oxygens (including phenoxy) is 1. The van der Waals surface area contributed by atoms with Crippen LogP contribution in [0.1, 0.15) is 38.6 Å². The van der Waals surface area contributed by atoms with Crippen LogP contribution in [0.25, 0.3) is 11.0 Å². The van der Waals surface area contributed by atoms with Gasteiger partial charge in [-0.05, 0) is 19.8 Å². The number of aromatic nitrogens is 4. The van der Waals surface area contributed by atoms with Gasteiger partial charge in [-0.25, -0.2) is 4.68 Å². The van der Waals surface area contributed by atoms with Crippen LogP contribution in [0.3, 0.4) is 0 Å². The molecule has 4 rings (SSSR count). The zero-order valence-corrected chi connectivity index (χ0v) is 14.9. The number of aromatic amines is 1. The quantitative estimate of drug-likeness (QED) is 0.839. The van der Waals surface area contributed by atoms with Crippen LogP contribution >= 0.6 is 0 Å². The Balaban J connectivity index is 1.57. The molecule has 1 saturated carbocycles. The molecule has 2 aromatic heterocycles. The number of morpholine rings is 1. The molecule has 1 aliphatic carbocycles. The number of hydrogen-bond acceptors (Lipinski definition) is 6. The third kappa shape index (κ3) is 3.18. The summed E-state index contributed by atoms with van der Waals surface area (Å²) in [6.45, 7) is 4.06. The average molecular weight is 360 g/mol. The molecule has 2 aliphatic rings. The molecular formula is C17H24N6O3. The fourth-order valence-electron chi connectivity index (χ4n) is 3.74. The maximum atomic E-state index is 12.5. The Labute approximate surface area is 150 Å². The Morgan fingerprint density at radius 1 is 1.35 bits per heavy atom. The molecule has 140 valence electrons. The van der Waals surface area contributed by atoms with Crippen molar-refractivity contribution >= 4 is 22.9 Å². The summed E-state index contributed by atoms with van der Waals surface area (Å²) in [5.41, 5.74) is 0.335. The maximum Gasteiger partial charge on any atom is 0.263 e. The summed E-state index contributed by atoms with van der Waals surface area (Å²) in [5.74, 6) is 0.275. The van der Waals surface area contributed by atoms with Gasteiger partial charge in [0, 0.05) is 13.1 Å².